The number of ether oxygens (including phenoxy) is 2. The number of amides is 2. The zero-order valence-corrected chi connectivity index (χ0v) is 23.8. The monoisotopic (exact) mass is 585 g/mol. The van der Waals surface area contributed by atoms with Gasteiger partial charge in [-0.05, 0) is 56.9 Å². The smallest absolute Gasteiger partial charge is 0.256 e. The fourth-order valence-electron chi connectivity index (χ4n) is 5.82. The fraction of sp³-hybridized carbons (Fsp3) is 0.387. The van der Waals surface area contributed by atoms with Crippen molar-refractivity contribution >= 4 is 29.0 Å². The Morgan fingerprint density at radius 3 is 2.72 bits per heavy atom. The lowest BCUT2D eigenvalue weighted by Gasteiger charge is -2.42. The van der Waals surface area contributed by atoms with E-state index in [-0.39, 0.29) is 34.9 Å². The molecule has 0 spiro atoms. The first-order valence-electron chi connectivity index (χ1n) is 14.5. The summed E-state index contributed by atoms with van der Waals surface area (Å²) in [5, 5.41) is 2.71. The molecule has 3 fully saturated rings. The van der Waals surface area contributed by atoms with Crippen LogP contribution in [-0.2, 0) is 9.53 Å². The summed E-state index contributed by atoms with van der Waals surface area (Å²) >= 11 is 0. The number of aromatic nitrogens is 4. The number of nitrogens with one attached hydrogen (secondary N) is 1. The van der Waals surface area contributed by atoms with E-state index in [9.17, 15) is 9.59 Å². The largest absolute Gasteiger partial charge is 0.490 e. The Kier molecular flexibility index (Phi) is 6.72. The van der Waals surface area contributed by atoms with E-state index in [4.69, 9.17) is 20.2 Å². The van der Waals surface area contributed by atoms with Gasteiger partial charge < -0.3 is 25.4 Å². The number of fused-ring (bicyclic) bond motifs is 1. The van der Waals surface area contributed by atoms with Crippen molar-refractivity contribution in [2.45, 2.75) is 44.6 Å². The zero-order valence-electron chi connectivity index (χ0n) is 23.8. The molecule has 0 unspecified atom stereocenters. The summed E-state index contributed by atoms with van der Waals surface area (Å²) in [5.41, 5.74) is 6.95. The Hall–Kier alpha value is -4.58. The number of piperidine rings is 1. The van der Waals surface area contributed by atoms with Gasteiger partial charge in [0, 0.05) is 54.8 Å². The molecule has 2 amide bonds. The third-order valence-corrected chi connectivity index (χ3v) is 8.33. The molecule has 3 aliphatic rings. The Labute approximate surface area is 247 Å². The molecule has 1 aliphatic carbocycles. The van der Waals surface area contributed by atoms with Crippen LogP contribution in [0.2, 0.25) is 0 Å². The van der Waals surface area contributed by atoms with Gasteiger partial charge in [-0.15, -0.1) is 0 Å². The van der Waals surface area contributed by atoms with Crippen LogP contribution in [0.15, 0.2) is 48.9 Å². The number of halogens is 1. The Morgan fingerprint density at radius 2 is 1.98 bits per heavy atom. The third kappa shape index (κ3) is 5.16. The summed E-state index contributed by atoms with van der Waals surface area (Å²) in [7, 11) is 0. The number of rotatable bonds is 7. The van der Waals surface area contributed by atoms with Crippen LogP contribution in [0.1, 0.15) is 54.7 Å². The Morgan fingerprint density at radius 1 is 1.14 bits per heavy atom. The Bertz CT molecular complexity index is 1730. The maximum Gasteiger partial charge on any atom is 0.256 e. The fourth-order valence-corrected chi connectivity index (χ4v) is 5.82. The molecule has 7 rings (SSSR count). The van der Waals surface area contributed by atoms with Gasteiger partial charge in [0.25, 0.3) is 5.91 Å². The summed E-state index contributed by atoms with van der Waals surface area (Å²) in [6.45, 7) is 3.96. The molecule has 43 heavy (non-hydrogen) atoms. The second-order valence-corrected chi connectivity index (χ2v) is 11.8. The van der Waals surface area contributed by atoms with Gasteiger partial charge in [-0.3, -0.25) is 14.0 Å². The normalized spacial score (nSPS) is 19.6. The quantitative estimate of drug-likeness (QED) is 0.332. The number of imidazole rings is 1. The van der Waals surface area contributed by atoms with E-state index in [1.54, 1.807) is 30.7 Å². The maximum absolute atomic E-state index is 15.7. The second-order valence-electron chi connectivity index (χ2n) is 11.8. The van der Waals surface area contributed by atoms with Gasteiger partial charge >= 0.3 is 0 Å². The molecule has 1 saturated carbocycles. The molecule has 1 aromatic carbocycles. The topological polar surface area (TPSA) is 137 Å². The van der Waals surface area contributed by atoms with Crippen molar-refractivity contribution in [1.29, 1.82) is 0 Å². The van der Waals surface area contributed by atoms with Gasteiger partial charge in [-0.2, -0.15) is 0 Å². The first-order valence-corrected chi connectivity index (χ1v) is 14.5. The minimum absolute atomic E-state index is 0.0781. The molecule has 4 aromatic rings. The summed E-state index contributed by atoms with van der Waals surface area (Å²) in [5.74, 6) is 0.713. The zero-order chi connectivity index (χ0) is 29.7. The van der Waals surface area contributed by atoms with Crippen molar-refractivity contribution in [1.82, 2.24) is 24.3 Å². The summed E-state index contributed by atoms with van der Waals surface area (Å²) in [6.07, 6.45) is 8.77. The number of hydrogen-bond acceptors (Lipinski definition) is 8. The van der Waals surface area contributed by atoms with Crippen LogP contribution >= 0.6 is 0 Å². The lowest BCUT2D eigenvalue weighted by atomic mass is 9.85. The van der Waals surface area contributed by atoms with Crippen LogP contribution in [0.5, 0.6) is 5.75 Å². The highest BCUT2D eigenvalue weighted by atomic mass is 19.1. The van der Waals surface area contributed by atoms with Gasteiger partial charge in [-0.1, -0.05) is 0 Å². The Balaban J connectivity index is 1.16. The summed E-state index contributed by atoms with van der Waals surface area (Å²) in [6, 6.07) is 7.62. The minimum atomic E-state index is -0.625. The van der Waals surface area contributed by atoms with Crippen molar-refractivity contribution in [3.63, 3.8) is 0 Å². The predicted octanol–water partition coefficient (Wildman–Crippen LogP) is 4.05. The van der Waals surface area contributed by atoms with Crippen molar-refractivity contribution in [3.05, 3.63) is 66.1 Å². The lowest BCUT2D eigenvalue weighted by molar-refractivity contribution is -0.169. The molecule has 3 aromatic heterocycles. The van der Waals surface area contributed by atoms with E-state index in [1.165, 1.54) is 18.2 Å². The van der Waals surface area contributed by atoms with Crippen molar-refractivity contribution < 1.29 is 23.5 Å². The van der Waals surface area contributed by atoms with E-state index in [2.05, 4.69) is 15.3 Å². The van der Waals surface area contributed by atoms with E-state index in [0.717, 1.165) is 25.7 Å². The number of carbonyl (C=O) groups excluding carboxylic acids is 2. The molecular formula is C31H32FN7O4. The summed E-state index contributed by atoms with van der Waals surface area (Å²) in [4.78, 5) is 41.4. The number of nitrogen functional groups attached to an aromatic ring is 1. The lowest BCUT2D eigenvalue weighted by Crippen LogP contribution is -2.55. The van der Waals surface area contributed by atoms with Crippen LogP contribution in [0.4, 0.5) is 16.0 Å². The molecule has 0 bridgehead atoms. The highest BCUT2D eigenvalue weighted by Crippen LogP contribution is 2.37. The minimum Gasteiger partial charge on any atom is -0.490 e. The molecule has 12 heteroatoms. The number of benzene rings is 1. The molecule has 3 N–H and O–H groups in total. The number of carbonyl (C=O) groups is 2. The number of likely N-dealkylation sites (tertiary alicyclic amines) is 1. The van der Waals surface area contributed by atoms with Crippen LogP contribution in [0.25, 0.3) is 16.8 Å². The van der Waals surface area contributed by atoms with Crippen molar-refractivity contribution in [2.24, 2.45) is 5.41 Å². The second kappa shape index (κ2) is 10.6. The number of nitrogens with zero attached hydrogens (tertiary/aromatic N) is 5. The predicted molar refractivity (Wildman–Crippen MR) is 156 cm³/mol. The van der Waals surface area contributed by atoms with Crippen molar-refractivity contribution in [2.75, 3.05) is 37.4 Å². The van der Waals surface area contributed by atoms with Crippen LogP contribution in [-0.4, -0.2) is 68.5 Å². The first-order chi connectivity index (χ1) is 20.8. The molecule has 1 atom stereocenters. The highest BCUT2D eigenvalue weighted by molar-refractivity contribution is 6.04. The molecule has 2 aliphatic heterocycles. The molecule has 2 saturated heterocycles. The van der Waals surface area contributed by atoms with Gasteiger partial charge in [-0.25, -0.2) is 19.3 Å². The van der Waals surface area contributed by atoms with E-state index in [1.807, 2.05) is 16.2 Å². The average molecular weight is 586 g/mol. The van der Waals surface area contributed by atoms with Crippen molar-refractivity contribution in [3.8, 4) is 17.0 Å². The van der Waals surface area contributed by atoms with Crippen LogP contribution in [0.3, 0.4) is 0 Å². The number of anilines is 2. The van der Waals surface area contributed by atoms with Gasteiger partial charge in [0.2, 0.25) is 5.91 Å². The third-order valence-electron chi connectivity index (χ3n) is 8.33. The van der Waals surface area contributed by atoms with Crippen LogP contribution < -0.4 is 15.8 Å². The summed E-state index contributed by atoms with van der Waals surface area (Å²) < 4.78 is 28.6. The average Bonchev–Trinajstić information content (AvgIpc) is 3.72. The van der Waals surface area contributed by atoms with E-state index >= 15 is 4.39 Å². The number of hydrogen-bond donors (Lipinski definition) is 2. The van der Waals surface area contributed by atoms with E-state index in [0.29, 0.717) is 54.9 Å². The number of nitrogens with two attached hydrogens (primary N) is 1. The molecule has 0 radical (unpaired) electrons. The standard InChI is InChI=1S/C31H32FN7O4/c1-31(16-42-17-31)30(41)38-11-2-3-19(15-38)28-37-25(26-27(33)35-10-12-39(26)28)22-7-4-18(13-23(22)32)29(40)36-24-14-21(8-9-34-24)43-20-5-6-20/h4,7-10,12-14,19-20H,2-3,5-6,11,15-17H2,1H3,(H2,33,35)(H,34,36,40)/t19-/m1/s1. The molecule has 11 nitrogen and oxygen atoms in total. The highest BCUT2D eigenvalue weighted by Gasteiger charge is 2.45. The van der Waals surface area contributed by atoms with E-state index < -0.39 is 17.1 Å². The molecular weight excluding hydrogens is 553 g/mol. The van der Waals surface area contributed by atoms with Gasteiger partial charge in [0.1, 0.15) is 40.2 Å². The maximum atomic E-state index is 15.7. The molecule has 222 valence electrons. The first kappa shape index (κ1) is 27.3. The SMILES string of the molecule is CC1(C(=O)N2CCC[C@@H](c3nc(-c4ccc(C(=O)Nc5cc(OC6CC6)ccn5)cc4F)c4c(N)nccn34)C2)COC1. The number of pyridine rings is 1. The molecule has 5 heterocycles. The van der Waals surface area contributed by atoms with Gasteiger partial charge in [0.15, 0.2) is 0 Å². The van der Waals surface area contributed by atoms with Gasteiger partial charge in [0.05, 0.1) is 24.7 Å². The van der Waals surface area contributed by atoms with Crippen LogP contribution in [0, 0.1) is 11.2 Å².